The van der Waals surface area contributed by atoms with E-state index in [0.717, 1.165) is 6.54 Å². The summed E-state index contributed by atoms with van der Waals surface area (Å²) in [6.45, 7) is 3.59. The molecule has 2 N–H and O–H groups in total. The van der Waals surface area contributed by atoms with E-state index in [0.29, 0.717) is 13.1 Å². The van der Waals surface area contributed by atoms with Crippen molar-refractivity contribution in [2.75, 3.05) is 19.6 Å². The molecule has 0 radical (unpaired) electrons. The molecule has 1 saturated heterocycles. The second-order valence-corrected chi connectivity index (χ2v) is 3.15. The van der Waals surface area contributed by atoms with Crippen LogP contribution in [0.2, 0.25) is 0 Å². The zero-order valence-electron chi connectivity index (χ0n) is 7.62. The molecule has 0 saturated carbocycles. The van der Waals surface area contributed by atoms with E-state index in [9.17, 15) is 9.59 Å². The van der Waals surface area contributed by atoms with Crippen LogP contribution in [0.15, 0.2) is 0 Å². The maximum atomic E-state index is 11.1. The fraction of sp³-hybridized carbons (Fsp3) is 0.750. The Morgan fingerprint density at radius 3 is 3.08 bits per heavy atom. The number of aliphatic carboxylic acids is 1. The van der Waals surface area contributed by atoms with E-state index in [1.54, 1.807) is 6.92 Å². The van der Waals surface area contributed by atoms with Crippen LogP contribution in [0, 0.1) is 0 Å². The van der Waals surface area contributed by atoms with Gasteiger partial charge in [-0.15, -0.1) is 0 Å². The fourth-order valence-corrected chi connectivity index (χ4v) is 1.37. The van der Waals surface area contributed by atoms with E-state index in [1.807, 2.05) is 4.90 Å². The highest BCUT2D eigenvalue weighted by atomic mass is 16.4. The number of amides is 1. The lowest BCUT2D eigenvalue weighted by atomic mass is 10.2. The summed E-state index contributed by atoms with van der Waals surface area (Å²) >= 11 is 0. The van der Waals surface area contributed by atoms with Crippen LogP contribution in [0.25, 0.3) is 0 Å². The molecule has 5 nitrogen and oxygen atoms in total. The number of nitrogens with zero attached hydrogens (tertiary/aromatic N) is 1. The Morgan fingerprint density at radius 2 is 2.46 bits per heavy atom. The largest absolute Gasteiger partial charge is 0.481 e. The van der Waals surface area contributed by atoms with Gasteiger partial charge in [0, 0.05) is 19.6 Å². The van der Waals surface area contributed by atoms with E-state index in [-0.39, 0.29) is 18.4 Å². The number of carbonyl (C=O) groups excluding carboxylic acids is 1. The minimum atomic E-state index is -0.821. The number of rotatable bonds is 3. The average Bonchev–Trinajstić information content (AvgIpc) is 2.07. The van der Waals surface area contributed by atoms with Crippen molar-refractivity contribution < 1.29 is 14.7 Å². The Kier molecular flexibility index (Phi) is 3.25. The van der Waals surface area contributed by atoms with Gasteiger partial charge in [0.2, 0.25) is 5.91 Å². The molecule has 0 aromatic rings. The summed E-state index contributed by atoms with van der Waals surface area (Å²) in [5.74, 6) is -0.838. The third-order valence-electron chi connectivity index (χ3n) is 2.24. The minimum absolute atomic E-state index is 0.0170. The number of carboxylic acids is 1. The molecule has 74 valence electrons. The highest BCUT2D eigenvalue weighted by molar-refractivity contribution is 5.82. The van der Waals surface area contributed by atoms with E-state index in [1.165, 1.54) is 0 Å². The van der Waals surface area contributed by atoms with Gasteiger partial charge in [0.05, 0.1) is 12.5 Å². The second kappa shape index (κ2) is 4.23. The molecule has 1 rings (SSSR count). The predicted molar refractivity (Wildman–Crippen MR) is 46.3 cm³/mol. The first kappa shape index (κ1) is 9.98. The summed E-state index contributed by atoms with van der Waals surface area (Å²) in [7, 11) is 0. The predicted octanol–water partition coefficient (Wildman–Crippen LogP) is -0.719. The molecule has 1 aliphatic rings. The van der Waals surface area contributed by atoms with Crippen LogP contribution in [0.1, 0.15) is 13.3 Å². The van der Waals surface area contributed by atoms with E-state index in [4.69, 9.17) is 5.11 Å². The van der Waals surface area contributed by atoms with Crippen molar-refractivity contribution in [2.24, 2.45) is 0 Å². The molecule has 1 unspecified atom stereocenters. The van der Waals surface area contributed by atoms with Gasteiger partial charge in [-0.25, -0.2) is 0 Å². The molecule has 13 heavy (non-hydrogen) atoms. The third kappa shape index (κ3) is 2.69. The van der Waals surface area contributed by atoms with Crippen LogP contribution in [0.4, 0.5) is 0 Å². The maximum Gasteiger partial charge on any atom is 0.304 e. The second-order valence-electron chi connectivity index (χ2n) is 3.15. The summed E-state index contributed by atoms with van der Waals surface area (Å²) in [5.41, 5.74) is 0. The molecule has 0 aromatic heterocycles. The van der Waals surface area contributed by atoms with Crippen molar-refractivity contribution in [3.8, 4) is 0 Å². The smallest absolute Gasteiger partial charge is 0.304 e. The van der Waals surface area contributed by atoms with Crippen molar-refractivity contribution in [3.05, 3.63) is 0 Å². The lowest BCUT2D eigenvalue weighted by Crippen LogP contribution is -2.54. The quantitative estimate of drug-likeness (QED) is 0.610. The Morgan fingerprint density at radius 1 is 1.77 bits per heavy atom. The Hall–Kier alpha value is -1.10. The van der Waals surface area contributed by atoms with Gasteiger partial charge in [0.25, 0.3) is 0 Å². The van der Waals surface area contributed by atoms with Gasteiger partial charge < -0.3 is 10.4 Å². The Labute approximate surface area is 76.7 Å². The van der Waals surface area contributed by atoms with Crippen LogP contribution in [0.5, 0.6) is 0 Å². The molecule has 1 heterocycles. The van der Waals surface area contributed by atoms with Crippen LogP contribution >= 0.6 is 0 Å². The van der Waals surface area contributed by atoms with E-state index < -0.39 is 5.97 Å². The lowest BCUT2D eigenvalue weighted by Gasteiger charge is -2.32. The first-order chi connectivity index (χ1) is 6.11. The SMILES string of the molecule is CC1C(=O)NCCN1CCC(=O)O. The van der Waals surface area contributed by atoms with Gasteiger partial charge in [-0.3, -0.25) is 14.5 Å². The van der Waals surface area contributed by atoms with Crippen molar-refractivity contribution in [1.29, 1.82) is 0 Å². The van der Waals surface area contributed by atoms with Crippen molar-refractivity contribution in [1.82, 2.24) is 10.2 Å². The number of carboxylic acid groups (broad SMARTS) is 1. The molecular formula is C8H14N2O3. The zero-order chi connectivity index (χ0) is 9.84. The molecule has 0 aromatic carbocycles. The molecule has 0 spiro atoms. The highest BCUT2D eigenvalue weighted by Crippen LogP contribution is 2.04. The Bertz CT molecular complexity index is 217. The van der Waals surface area contributed by atoms with Gasteiger partial charge >= 0.3 is 5.97 Å². The summed E-state index contributed by atoms with van der Waals surface area (Å²) in [6.07, 6.45) is 0.0949. The molecule has 0 aliphatic carbocycles. The lowest BCUT2D eigenvalue weighted by molar-refractivity contribution is -0.138. The fourth-order valence-electron chi connectivity index (χ4n) is 1.37. The molecule has 5 heteroatoms. The molecule has 1 fully saturated rings. The molecule has 1 atom stereocenters. The monoisotopic (exact) mass is 186 g/mol. The van der Waals surface area contributed by atoms with Gasteiger partial charge in [0.15, 0.2) is 0 Å². The van der Waals surface area contributed by atoms with Gasteiger partial charge in [-0.1, -0.05) is 0 Å². The van der Waals surface area contributed by atoms with Gasteiger partial charge in [0.1, 0.15) is 0 Å². The van der Waals surface area contributed by atoms with Crippen LogP contribution < -0.4 is 5.32 Å². The van der Waals surface area contributed by atoms with Crippen molar-refractivity contribution in [3.63, 3.8) is 0 Å². The van der Waals surface area contributed by atoms with Crippen LogP contribution in [-0.2, 0) is 9.59 Å². The first-order valence-corrected chi connectivity index (χ1v) is 4.35. The molecule has 0 bridgehead atoms. The number of nitrogens with one attached hydrogen (secondary N) is 1. The van der Waals surface area contributed by atoms with Crippen LogP contribution in [-0.4, -0.2) is 47.6 Å². The molecule has 1 amide bonds. The van der Waals surface area contributed by atoms with E-state index in [2.05, 4.69) is 5.32 Å². The zero-order valence-corrected chi connectivity index (χ0v) is 7.62. The topological polar surface area (TPSA) is 69.6 Å². The van der Waals surface area contributed by atoms with Crippen molar-refractivity contribution in [2.45, 2.75) is 19.4 Å². The first-order valence-electron chi connectivity index (χ1n) is 4.35. The normalized spacial score (nSPS) is 24.1. The summed E-state index contributed by atoms with van der Waals surface area (Å²) < 4.78 is 0. The summed E-state index contributed by atoms with van der Waals surface area (Å²) in [5, 5.41) is 11.2. The minimum Gasteiger partial charge on any atom is -0.481 e. The standard InChI is InChI=1S/C8H14N2O3/c1-6-8(13)9-3-5-10(6)4-2-7(11)12/h6H,2-5H2,1H3,(H,9,13)(H,11,12). The number of hydrogen-bond acceptors (Lipinski definition) is 3. The number of piperazine rings is 1. The van der Waals surface area contributed by atoms with Crippen molar-refractivity contribution >= 4 is 11.9 Å². The third-order valence-corrected chi connectivity index (χ3v) is 2.24. The van der Waals surface area contributed by atoms with Gasteiger partial charge in [-0.05, 0) is 6.92 Å². The summed E-state index contributed by atoms with van der Waals surface area (Å²) in [4.78, 5) is 23.3. The number of hydrogen-bond donors (Lipinski definition) is 2. The number of carbonyl (C=O) groups is 2. The highest BCUT2D eigenvalue weighted by Gasteiger charge is 2.24. The van der Waals surface area contributed by atoms with Crippen LogP contribution in [0.3, 0.4) is 0 Å². The average molecular weight is 186 g/mol. The summed E-state index contributed by atoms with van der Waals surface area (Å²) in [6, 6.07) is -0.201. The Balaban J connectivity index is 2.39. The maximum absolute atomic E-state index is 11.1. The molecule has 1 aliphatic heterocycles. The molecular weight excluding hydrogens is 172 g/mol. The van der Waals surface area contributed by atoms with E-state index >= 15 is 0 Å². The van der Waals surface area contributed by atoms with Gasteiger partial charge in [-0.2, -0.15) is 0 Å².